The van der Waals surface area contributed by atoms with Crippen LogP contribution in [-0.4, -0.2) is 15.9 Å². The summed E-state index contributed by atoms with van der Waals surface area (Å²) in [6, 6.07) is 16.7. The van der Waals surface area contributed by atoms with E-state index in [-0.39, 0.29) is 11.6 Å². The van der Waals surface area contributed by atoms with Crippen LogP contribution in [0.4, 0.5) is 11.6 Å². The zero-order valence-electron chi connectivity index (χ0n) is 13.7. The molecule has 3 rings (SSSR count). The predicted octanol–water partition coefficient (Wildman–Crippen LogP) is 4.30. The number of carbonyl (C=O) groups excluding carboxylic acids is 1. The van der Waals surface area contributed by atoms with E-state index in [4.69, 9.17) is 11.6 Å². The topological polar surface area (TPSA) is 66.9 Å². The van der Waals surface area contributed by atoms with Crippen molar-refractivity contribution in [2.45, 2.75) is 13.5 Å². The third kappa shape index (κ3) is 4.78. The summed E-state index contributed by atoms with van der Waals surface area (Å²) >= 11 is 5.92. The summed E-state index contributed by atoms with van der Waals surface area (Å²) in [4.78, 5) is 20.7. The molecule has 1 amide bonds. The van der Waals surface area contributed by atoms with Crippen LogP contribution in [0.1, 0.15) is 21.6 Å². The predicted molar refractivity (Wildman–Crippen MR) is 99.9 cm³/mol. The first-order valence-corrected chi connectivity index (χ1v) is 8.17. The van der Waals surface area contributed by atoms with E-state index in [1.54, 1.807) is 36.5 Å². The van der Waals surface area contributed by atoms with Crippen molar-refractivity contribution < 1.29 is 4.79 Å². The lowest BCUT2D eigenvalue weighted by atomic mass is 10.1. The fraction of sp³-hybridized carbons (Fsp3) is 0.105. The molecule has 0 spiro atoms. The Hall–Kier alpha value is -2.92. The van der Waals surface area contributed by atoms with Crippen LogP contribution in [0, 0.1) is 6.92 Å². The summed E-state index contributed by atoms with van der Waals surface area (Å²) in [5, 5.41) is 6.45. The summed E-state index contributed by atoms with van der Waals surface area (Å²) in [5.74, 6) is 0.0855. The van der Waals surface area contributed by atoms with Gasteiger partial charge in [0.25, 0.3) is 5.91 Å². The molecule has 0 aliphatic rings. The number of nitrogens with zero attached hydrogens (tertiary/aromatic N) is 2. The van der Waals surface area contributed by atoms with Crippen molar-refractivity contribution in [1.29, 1.82) is 0 Å². The van der Waals surface area contributed by atoms with Crippen LogP contribution in [0.25, 0.3) is 0 Å². The fourth-order valence-electron chi connectivity index (χ4n) is 2.22. The molecule has 0 saturated carbocycles. The summed E-state index contributed by atoms with van der Waals surface area (Å²) in [7, 11) is 0. The maximum Gasteiger partial charge on any atom is 0.274 e. The Morgan fingerprint density at radius 1 is 1.12 bits per heavy atom. The Balaban J connectivity index is 1.66. The van der Waals surface area contributed by atoms with Crippen molar-refractivity contribution in [3.63, 3.8) is 0 Å². The van der Waals surface area contributed by atoms with Crippen LogP contribution < -0.4 is 10.6 Å². The third-order valence-electron chi connectivity index (χ3n) is 3.54. The van der Waals surface area contributed by atoms with Crippen molar-refractivity contribution in [2.24, 2.45) is 0 Å². The van der Waals surface area contributed by atoms with Gasteiger partial charge in [-0.2, -0.15) is 0 Å². The number of aryl methyl sites for hydroxylation is 1. The second-order valence-corrected chi connectivity index (χ2v) is 6.01. The summed E-state index contributed by atoms with van der Waals surface area (Å²) in [5.41, 5.74) is 3.22. The maximum absolute atomic E-state index is 12.3. The average Bonchev–Trinajstić information content (AvgIpc) is 2.61. The molecule has 0 unspecified atom stereocenters. The standard InChI is InChI=1S/C19H17ClN4O/c1-13-5-7-14(8-6-13)12-22-19-21-10-9-17(24-19)18(25)23-16-4-2-3-15(20)11-16/h2-11H,12H2,1H3,(H,23,25)(H,21,22,24). The van der Waals surface area contributed by atoms with E-state index in [0.29, 0.717) is 23.2 Å². The van der Waals surface area contributed by atoms with Gasteiger partial charge in [-0.05, 0) is 36.8 Å². The highest BCUT2D eigenvalue weighted by Gasteiger charge is 2.09. The molecule has 6 heteroatoms. The average molecular weight is 353 g/mol. The minimum atomic E-state index is -0.317. The van der Waals surface area contributed by atoms with Crippen molar-refractivity contribution in [3.8, 4) is 0 Å². The Bertz CT molecular complexity index is 881. The SMILES string of the molecule is Cc1ccc(CNc2nccc(C(=O)Nc3cccc(Cl)c3)n2)cc1. The number of aromatic nitrogens is 2. The zero-order valence-corrected chi connectivity index (χ0v) is 14.4. The van der Waals surface area contributed by atoms with E-state index in [1.807, 2.05) is 31.2 Å². The first-order chi connectivity index (χ1) is 12.1. The van der Waals surface area contributed by atoms with Crippen LogP contribution in [0.15, 0.2) is 60.8 Å². The van der Waals surface area contributed by atoms with E-state index >= 15 is 0 Å². The summed E-state index contributed by atoms with van der Waals surface area (Å²) in [6.45, 7) is 2.63. The molecule has 0 bridgehead atoms. The second-order valence-electron chi connectivity index (χ2n) is 5.57. The zero-order chi connectivity index (χ0) is 17.6. The highest BCUT2D eigenvalue weighted by Crippen LogP contribution is 2.16. The van der Waals surface area contributed by atoms with Gasteiger partial charge in [-0.15, -0.1) is 0 Å². The largest absolute Gasteiger partial charge is 0.350 e. The molecule has 0 aliphatic heterocycles. The molecule has 1 aromatic heterocycles. The number of hydrogen-bond donors (Lipinski definition) is 2. The van der Waals surface area contributed by atoms with Crippen LogP contribution in [0.3, 0.4) is 0 Å². The molecule has 2 aromatic carbocycles. The van der Waals surface area contributed by atoms with Gasteiger partial charge in [0.1, 0.15) is 5.69 Å². The molecule has 25 heavy (non-hydrogen) atoms. The maximum atomic E-state index is 12.3. The van der Waals surface area contributed by atoms with Gasteiger partial charge in [0, 0.05) is 23.5 Å². The lowest BCUT2D eigenvalue weighted by molar-refractivity contribution is 0.102. The molecule has 126 valence electrons. The highest BCUT2D eigenvalue weighted by molar-refractivity contribution is 6.30. The van der Waals surface area contributed by atoms with Crippen LogP contribution in [0.5, 0.6) is 0 Å². The number of carbonyl (C=O) groups is 1. The summed E-state index contributed by atoms with van der Waals surface area (Å²) in [6.07, 6.45) is 1.55. The third-order valence-corrected chi connectivity index (χ3v) is 3.78. The van der Waals surface area contributed by atoms with Gasteiger partial charge in [0.2, 0.25) is 5.95 Å². The van der Waals surface area contributed by atoms with Crippen molar-refractivity contribution in [1.82, 2.24) is 9.97 Å². The van der Waals surface area contributed by atoms with E-state index < -0.39 is 0 Å². The minimum Gasteiger partial charge on any atom is -0.350 e. The van der Waals surface area contributed by atoms with Gasteiger partial charge in [-0.25, -0.2) is 9.97 Å². The first-order valence-electron chi connectivity index (χ1n) is 7.79. The molecule has 0 aliphatic carbocycles. The van der Waals surface area contributed by atoms with Crippen LogP contribution in [0.2, 0.25) is 5.02 Å². The van der Waals surface area contributed by atoms with Gasteiger partial charge in [-0.3, -0.25) is 4.79 Å². The molecule has 0 fully saturated rings. The van der Waals surface area contributed by atoms with Crippen molar-refractivity contribution >= 4 is 29.1 Å². The Morgan fingerprint density at radius 3 is 2.68 bits per heavy atom. The number of anilines is 2. The number of nitrogens with one attached hydrogen (secondary N) is 2. The highest BCUT2D eigenvalue weighted by atomic mass is 35.5. The van der Waals surface area contributed by atoms with Gasteiger partial charge in [-0.1, -0.05) is 47.5 Å². The van der Waals surface area contributed by atoms with Gasteiger partial charge in [0.05, 0.1) is 0 Å². The number of benzene rings is 2. The molecule has 0 radical (unpaired) electrons. The number of rotatable bonds is 5. The molecule has 3 aromatic rings. The fourth-order valence-corrected chi connectivity index (χ4v) is 2.41. The lowest BCUT2D eigenvalue weighted by Crippen LogP contribution is -2.15. The molecule has 1 heterocycles. The molecule has 0 atom stereocenters. The van der Waals surface area contributed by atoms with Crippen LogP contribution in [-0.2, 0) is 6.54 Å². The molecule has 5 nitrogen and oxygen atoms in total. The quantitative estimate of drug-likeness (QED) is 0.718. The van der Waals surface area contributed by atoms with E-state index in [0.717, 1.165) is 5.56 Å². The van der Waals surface area contributed by atoms with Crippen molar-refractivity contribution in [3.05, 3.63) is 82.6 Å². The van der Waals surface area contributed by atoms with Gasteiger partial charge in [0.15, 0.2) is 0 Å². The van der Waals surface area contributed by atoms with Crippen LogP contribution >= 0.6 is 11.6 Å². The second kappa shape index (κ2) is 7.77. The monoisotopic (exact) mass is 352 g/mol. The normalized spacial score (nSPS) is 10.3. The lowest BCUT2D eigenvalue weighted by Gasteiger charge is -2.08. The Kier molecular flexibility index (Phi) is 5.26. The smallest absolute Gasteiger partial charge is 0.274 e. The molecular formula is C19H17ClN4O. The number of hydrogen-bond acceptors (Lipinski definition) is 4. The Labute approximate surface area is 151 Å². The Morgan fingerprint density at radius 2 is 1.92 bits per heavy atom. The van der Waals surface area contributed by atoms with Gasteiger partial charge < -0.3 is 10.6 Å². The number of halogens is 1. The van der Waals surface area contributed by atoms with Gasteiger partial charge >= 0.3 is 0 Å². The van der Waals surface area contributed by atoms with Crippen molar-refractivity contribution in [2.75, 3.05) is 10.6 Å². The molecular weight excluding hydrogens is 336 g/mol. The molecule has 2 N–H and O–H groups in total. The molecule has 0 saturated heterocycles. The summed E-state index contributed by atoms with van der Waals surface area (Å²) < 4.78 is 0. The van der Waals surface area contributed by atoms with E-state index in [1.165, 1.54) is 5.56 Å². The minimum absolute atomic E-state index is 0.279. The number of amides is 1. The van der Waals surface area contributed by atoms with E-state index in [9.17, 15) is 4.79 Å². The first kappa shape index (κ1) is 16.9. The van der Waals surface area contributed by atoms with E-state index in [2.05, 4.69) is 20.6 Å².